The molecule has 35 heavy (non-hydrogen) atoms. The Morgan fingerprint density at radius 1 is 1.09 bits per heavy atom. The van der Waals surface area contributed by atoms with E-state index < -0.39 is 55.5 Å². The molecule has 1 atom stereocenters. The molecule has 1 saturated heterocycles. The summed E-state index contributed by atoms with van der Waals surface area (Å²) in [5, 5.41) is 11.2. The molecule has 1 fully saturated rings. The lowest BCUT2D eigenvalue weighted by Gasteiger charge is -2.38. The van der Waals surface area contributed by atoms with Crippen LogP contribution in [0.5, 0.6) is 0 Å². The van der Waals surface area contributed by atoms with E-state index in [0.29, 0.717) is 4.90 Å². The molecule has 184 valence electrons. The number of piperazine rings is 1. The maximum atomic E-state index is 14.6. The zero-order chi connectivity index (χ0) is 25.3. The van der Waals surface area contributed by atoms with Gasteiger partial charge in [0.1, 0.15) is 19.2 Å². The predicted octanol–water partition coefficient (Wildman–Crippen LogP) is 1.91. The Balaban J connectivity index is 1.37. The molecule has 0 aromatic heterocycles. The van der Waals surface area contributed by atoms with E-state index in [1.54, 1.807) is 0 Å². The number of halogens is 2. The van der Waals surface area contributed by atoms with Crippen LogP contribution in [0.3, 0.4) is 0 Å². The minimum Gasteiger partial charge on any atom is -0.480 e. The van der Waals surface area contributed by atoms with Gasteiger partial charge in [0.2, 0.25) is 5.91 Å². The Morgan fingerprint density at radius 2 is 1.66 bits per heavy atom. The highest BCUT2D eigenvalue weighted by atomic mass is 19.3. The first kappa shape index (κ1) is 24.1. The van der Waals surface area contributed by atoms with Gasteiger partial charge >= 0.3 is 18.0 Å². The van der Waals surface area contributed by atoms with Crippen LogP contribution in [-0.2, 0) is 19.1 Å². The molecule has 0 spiro atoms. The SMILES string of the molecule is CN1CC(C(=O)O)N(C(=O)C(F)(F)CNC(=O)OCC2c3ccccc3-c3ccccc32)CC1=O. The lowest BCUT2D eigenvalue weighted by Crippen LogP contribution is -2.63. The third kappa shape index (κ3) is 4.66. The smallest absolute Gasteiger partial charge is 0.407 e. The minimum absolute atomic E-state index is 0.104. The van der Waals surface area contributed by atoms with Crippen LogP contribution in [0.25, 0.3) is 11.1 Å². The molecule has 1 unspecified atom stereocenters. The maximum absolute atomic E-state index is 14.6. The summed E-state index contributed by atoms with van der Waals surface area (Å²) in [5.74, 6) is -8.46. The summed E-state index contributed by atoms with van der Waals surface area (Å²) in [6, 6.07) is 13.6. The van der Waals surface area contributed by atoms with Gasteiger partial charge in [0.25, 0.3) is 5.91 Å². The number of carbonyl (C=O) groups excluding carboxylic acids is 3. The van der Waals surface area contributed by atoms with Crippen LogP contribution >= 0.6 is 0 Å². The van der Waals surface area contributed by atoms with Crippen LogP contribution < -0.4 is 5.32 Å². The van der Waals surface area contributed by atoms with E-state index in [1.165, 1.54) is 7.05 Å². The second-order valence-corrected chi connectivity index (χ2v) is 8.44. The molecule has 1 aliphatic heterocycles. The molecule has 3 amide bonds. The number of nitrogens with one attached hydrogen (secondary N) is 1. The van der Waals surface area contributed by atoms with Gasteiger partial charge in [0.05, 0.1) is 13.1 Å². The van der Waals surface area contributed by atoms with E-state index in [-0.39, 0.29) is 12.5 Å². The average molecular weight is 487 g/mol. The lowest BCUT2D eigenvalue weighted by atomic mass is 9.98. The molecular weight excluding hydrogens is 464 g/mol. The highest BCUT2D eigenvalue weighted by Gasteiger charge is 2.48. The summed E-state index contributed by atoms with van der Waals surface area (Å²) in [6.45, 7) is -2.73. The van der Waals surface area contributed by atoms with Gasteiger partial charge in [-0.05, 0) is 22.3 Å². The van der Waals surface area contributed by atoms with E-state index in [2.05, 4.69) is 0 Å². The van der Waals surface area contributed by atoms with Crippen molar-refractivity contribution in [3.8, 4) is 11.1 Å². The van der Waals surface area contributed by atoms with Crippen LogP contribution in [0.1, 0.15) is 17.0 Å². The average Bonchev–Trinajstić information content (AvgIpc) is 3.16. The second kappa shape index (κ2) is 9.32. The van der Waals surface area contributed by atoms with Crippen LogP contribution in [0.4, 0.5) is 13.6 Å². The van der Waals surface area contributed by atoms with Crippen molar-refractivity contribution in [1.82, 2.24) is 15.1 Å². The van der Waals surface area contributed by atoms with Crippen LogP contribution in [-0.4, -0.2) is 84.0 Å². The molecule has 2 N–H and O–H groups in total. The van der Waals surface area contributed by atoms with Gasteiger partial charge in [-0.3, -0.25) is 9.59 Å². The Kier molecular flexibility index (Phi) is 6.42. The predicted molar refractivity (Wildman–Crippen MR) is 119 cm³/mol. The monoisotopic (exact) mass is 487 g/mol. The van der Waals surface area contributed by atoms with Crippen molar-refractivity contribution >= 4 is 23.9 Å². The van der Waals surface area contributed by atoms with Gasteiger partial charge in [-0.2, -0.15) is 8.78 Å². The number of alkyl carbamates (subject to hydrolysis) is 1. The maximum Gasteiger partial charge on any atom is 0.407 e. The van der Waals surface area contributed by atoms with Crippen molar-refractivity contribution < 1.29 is 37.8 Å². The zero-order valence-electron chi connectivity index (χ0n) is 18.7. The van der Waals surface area contributed by atoms with Gasteiger partial charge in [-0.1, -0.05) is 48.5 Å². The molecule has 0 bridgehead atoms. The number of nitrogens with zero attached hydrogens (tertiary/aromatic N) is 2. The molecule has 2 aromatic rings. The standard InChI is InChI=1S/C24H23F2N3O6/c1-28-10-19(21(31)32)29(11-20(28)30)22(33)24(25,26)13-27-23(34)35-12-18-16-8-4-2-6-14(16)15-7-3-5-9-17(15)18/h2-9,18-19H,10-13H2,1H3,(H,27,34)(H,31,32). The summed E-state index contributed by atoms with van der Waals surface area (Å²) in [4.78, 5) is 49.3. The summed E-state index contributed by atoms with van der Waals surface area (Å²) in [6.07, 6.45) is -1.15. The van der Waals surface area contributed by atoms with Crippen molar-refractivity contribution in [2.24, 2.45) is 0 Å². The van der Waals surface area contributed by atoms with E-state index in [4.69, 9.17) is 4.74 Å². The fraction of sp³-hybridized carbons (Fsp3) is 0.333. The summed E-state index contributed by atoms with van der Waals surface area (Å²) < 4.78 is 34.3. The normalized spacial score (nSPS) is 17.6. The molecule has 4 rings (SSSR count). The number of fused-ring (bicyclic) bond motifs is 3. The number of likely N-dealkylation sites (N-methyl/N-ethyl adjacent to an activating group) is 1. The fourth-order valence-electron chi connectivity index (χ4n) is 4.38. The molecule has 2 aromatic carbocycles. The lowest BCUT2D eigenvalue weighted by molar-refractivity contribution is -0.171. The Hall–Kier alpha value is -4.02. The number of amides is 3. The molecule has 0 radical (unpaired) electrons. The third-order valence-corrected chi connectivity index (χ3v) is 6.21. The van der Waals surface area contributed by atoms with Gasteiger partial charge in [-0.15, -0.1) is 0 Å². The number of benzene rings is 2. The molecular formula is C24H23F2N3O6. The number of hydrogen-bond acceptors (Lipinski definition) is 5. The first-order valence-electron chi connectivity index (χ1n) is 10.8. The Morgan fingerprint density at radius 3 is 2.23 bits per heavy atom. The number of rotatable bonds is 6. The van der Waals surface area contributed by atoms with Crippen molar-refractivity contribution in [1.29, 1.82) is 0 Å². The number of carbonyl (C=O) groups is 4. The van der Waals surface area contributed by atoms with Gasteiger partial charge in [-0.25, -0.2) is 9.59 Å². The highest BCUT2D eigenvalue weighted by Crippen LogP contribution is 2.44. The van der Waals surface area contributed by atoms with Gasteiger partial charge < -0.3 is 25.0 Å². The molecule has 1 heterocycles. The number of alkyl halides is 2. The Bertz CT molecular complexity index is 1140. The van der Waals surface area contributed by atoms with Crippen LogP contribution in [0, 0.1) is 0 Å². The number of ether oxygens (including phenoxy) is 1. The first-order valence-corrected chi connectivity index (χ1v) is 10.8. The van der Waals surface area contributed by atoms with E-state index in [1.807, 2.05) is 53.8 Å². The number of carboxylic acid groups (broad SMARTS) is 1. The van der Waals surface area contributed by atoms with E-state index >= 15 is 0 Å². The fourth-order valence-corrected chi connectivity index (χ4v) is 4.38. The highest BCUT2D eigenvalue weighted by molar-refractivity contribution is 5.94. The van der Waals surface area contributed by atoms with E-state index in [9.17, 15) is 33.1 Å². The van der Waals surface area contributed by atoms with Crippen LogP contribution in [0.15, 0.2) is 48.5 Å². The summed E-state index contributed by atoms with van der Waals surface area (Å²) >= 11 is 0. The number of aliphatic carboxylic acids is 1. The zero-order valence-corrected chi connectivity index (χ0v) is 18.7. The van der Waals surface area contributed by atoms with Gasteiger partial charge in [0.15, 0.2) is 0 Å². The van der Waals surface area contributed by atoms with Crippen molar-refractivity contribution in [2.45, 2.75) is 17.9 Å². The largest absolute Gasteiger partial charge is 0.480 e. The second-order valence-electron chi connectivity index (χ2n) is 8.44. The first-order chi connectivity index (χ1) is 16.6. The van der Waals surface area contributed by atoms with Crippen molar-refractivity contribution in [2.75, 3.05) is 33.3 Å². The number of carboxylic acids is 1. The summed E-state index contributed by atoms with van der Waals surface area (Å²) in [7, 11) is 1.32. The Labute approximate surface area is 199 Å². The van der Waals surface area contributed by atoms with E-state index in [0.717, 1.165) is 27.2 Å². The summed E-state index contributed by atoms with van der Waals surface area (Å²) in [5.41, 5.74) is 3.90. The number of hydrogen-bond donors (Lipinski definition) is 2. The third-order valence-electron chi connectivity index (χ3n) is 6.21. The van der Waals surface area contributed by atoms with Crippen molar-refractivity contribution in [3.63, 3.8) is 0 Å². The quantitative estimate of drug-likeness (QED) is 0.643. The molecule has 0 saturated carbocycles. The molecule has 9 nitrogen and oxygen atoms in total. The minimum atomic E-state index is -4.14. The van der Waals surface area contributed by atoms with Crippen molar-refractivity contribution in [3.05, 3.63) is 59.7 Å². The molecule has 2 aliphatic rings. The van der Waals surface area contributed by atoms with Gasteiger partial charge in [0, 0.05) is 13.0 Å². The molecule has 1 aliphatic carbocycles. The van der Waals surface area contributed by atoms with Crippen LogP contribution in [0.2, 0.25) is 0 Å². The topological polar surface area (TPSA) is 116 Å². The molecule has 11 heteroatoms.